The van der Waals surface area contributed by atoms with Crippen molar-refractivity contribution in [2.45, 2.75) is 13.0 Å². The molecular weight excluding hydrogens is 259 g/mol. The molecule has 2 N–H and O–H groups in total. The van der Waals surface area contributed by atoms with Gasteiger partial charge in [-0.3, -0.25) is 4.98 Å². The first-order chi connectivity index (χ1) is 9.13. The summed E-state index contributed by atoms with van der Waals surface area (Å²) < 4.78 is 14.5. The number of benzene rings is 1. The molecule has 0 aliphatic carbocycles. The van der Waals surface area contributed by atoms with Gasteiger partial charge in [-0.2, -0.15) is 0 Å². The Bertz CT molecular complexity index is 716. The summed E-state index contributed by atoms with van der Waals surface area (Å²) in [5.74, 6) is -0.254. The van der Waals surface area contributed by atoms with Crippen LogP contribution < -0.4 is 5.73 Å². The maximum atomic E-state index is 13.4. The number of nitrogens with two attached hydrogens (primary N) is 1. The van der Waals surface area contributed by atoms with Crippen molar-refractivity contribution in [2.24, 2.45) is 5.73 Å². The van der Waals surface area contributed by atoms with Gasteiger partial charge in [0.25, 0.3) is 0 Å². The second-order valence-electron chi connectivity index (χ2n) is 4.61. The third-order valence-electron chi connectivity index (χ3n) is 3.11. The average Bonchev–Trinajstić information content (AvgIpc) is 2.83. The standard InChI is InChI=1S/C15H13FN2S/c1-9-4-10(6-12(16)5-9)15(17)11-7-14-13(18-8-11)2-3-19-14/h2-8,15H,17H2,1H3. The second kappa shape index (κ2) is 4.72. The molecule has 19 heavy (non-hydrogen) atoms. The van der Waals surface area contributed by atoms with Crippen LogP contribution in [0.15, 0.2) is 41.9 Å². The van der Waals surface area contributed by atoms with Crippen molar-refractivity contribution in [2.75, 3.05) is 0 Å². The molecule has 4 heteroatoms. The number of hydrogen-bond acceptors (Lipinski definition) is 3. The predicted octanol–water partition coefficient (Wildman–Crippen LogP) is 3.79. The van der Waals surface area contributed by atoms with Crippen molar-refractivity contribution in [1.82, 2.24) is 4.98 Å². The maximum Gasteiger partial charge on any atom is 0.123 e. The lowest BCUT2D eigenvalue weighted by Gasteiger charge is -2.13. The minimum atomic E-state index is -0.353. The fourth-order valence-electron chi connectivity index (χ4n) is 2.17. The molecule has 1 unspecified atom stereocenters. The molecule has 0 fully saturated rings. The largest absolute Gasteiger partial charge is 0.320 e. The van der Waals surface area contributed by atoms with Crippen molar-refractivity contribution in [3.63, 3.8) is 0 Å². The topological polar surface area (TPSA) is 38.9 Å². The molecule has 0 bridgehead atoms. The van der Waals surface area contributed by atoms with Gasteiger partial charge >= 0.3 is 0 Å². The lowest BCUT2D eigenvalue weighted by molar-refractivity contribution is 0.622. The Labute approximate surface area is 114 Å². The molecule has 96 valence electrons. The third kappa shape index (κ3) is 2.37. The van der Waals surface area contributed by atoms with Gasteiger partial charge in [0.2, 0.25) is 0 Å². The molecule has 0 radical (unpaired) electrons. The highest BCUT2D eigenvalue weighted by molar-refractivity contribution is 7.17. The van der Waals surface area contributed by atoms with E-state index in [-0.39, 0.29) is 11.9 Å². The SMILES string of the molecule is Cc1cc(F)cc(C(N)c2cnc3ccsc3c2)c1. The van der Waals surface area contributed by atoms with E-state index >= 15 is 0 Å². The van der Waals surface area contributed by atoms with E-state index in [0.717, 1.165) is 26.9 Å². The van der Waals surface area contributed by atoms with Gasteiger partial charge < -0.3 is 5.73 Å². The van der Waals surface area contributed by atoms with Gasteiger partial charge in [0, 0.05) is 6.20 Å². The Morgan fingerprint density at radius 2 is 2.05 bits per heavy atom. The van der Waals surface area contributed by atoms with E-state index in [1.807, 2.05) is 30.5 Å². The Kier molecular flexibility index (Phi) is 3.05. The number of thiophene rings is 1. The molecule has 0 saturated carbocycles. The first kappa shape index (κ1) is 12.3. The molecule has 2 heterocycles. The van der Waals surface area contributed by atoms with Crippen LogP contribution in [0.1, 0.15) is 22.7 Å². The maximum absolute atomic E-state index is 13.4. The summed E-state index contributed by atoms with van der Waals surface area (Å²) >= 11 is 1.63. The summed E-state index contributed by atoms with van der Waals surface area (Å²) in [4.78, 5) is 4.37. The number of pyridine rings is 1. The number of aryl methyl sites for hydroxylation is 1. The van der Waals surface area contributed by atoms with E-state index in [1.54, 1.807) is 17.5 Å². The van der Waals surface area contributed by atoms with Gasteiger partial charge in [-0.1, -0.05) is 6.07 Å². The normalized spacial score (nSPS) is 12.8. The third-order valence-corrected chi connectivity index (χ3v) is 3.96. The monoisotopic (exact) mass is 272 g/mol. The van der Waals surface area contributed by atoms with Gasteiger partial charge in [0.1, 0.15) is 5.82 Å². The molecule has 0 aliphatic rings. The van der Waals surface area contributed by atoms with E-state index in [1.165, 1.54) is 12.1 Å². The molecule has 2 nitrogen and oxygen atoms in total. The van der Waals surface area contributed by atoms with Crippen LogP contribution in [-0.2, 0) is 0 Å². The minimum absolute atomic E-state index is 0.254. The van der Waals surface area contributed by atoms with Crippen molar-refractivity contribution in [3.8, 4) is 0 Å². The highest BCUT2D eigenvalue weighted by Gasteiger charge is 2.12. The molecular formula is C15H13FN2S. The van der Waals surface area contributed by atoms with E-state index in [2.05, 4.69) is 4.98 Å². The van der Waals surface area contributed by atoms with Gasteiger partial charge in [-0.25, -0.2) is 4.39 Å². The van der Waals surface area contributed by atoms with Crippen LogP contribution in [0.3, 0.4) is 0 Å². The lowest BCUT2D eigenvalue weighted by atomic mass is 9.99. The van der Waals surface area contributed by atoms with Crippen molar-refractivity contribution >= 4 is 21.6 Å². The summed E-state index contributed by atoms with van der Waals surface area (Å²) in [7, 11) is 0. The van der Waals surface area contributed by atoms with E-state index < -0.39 is 0 Å². The Hall–Kier alpha value is -1.78. The zero-order chi connectivity index (χ0) is 13.4. The molecule has 0 spiro atoms. The van der Waals surface area contributed by atoms with E-state index in [9.17, 15) is 4.39 Å². The lowest BCUT2D eigenvalue weighted by Crippen LogP contribution is -2.12. The molecule has 1 atom stereocenters. The number of aromatic nitrogens is 1. The molecule has 1 aromatic carbocycles. The summed E-state index contributed by atoms with van der Waals surface area (Å²) in [5.41, 5.74) is 9.73. The molecule has 0 saturated heterocycles. The summed E-state index contributed by atoms with van der Waals surface area (Å²) in [5, 5.41) is 2.00. The molecule has 0 aliphatic heterocycles. The summed E-state index contributed by atoms with van der Waals surface area (Å²) in [6.45, 7) is 1.86. The number of nitrogens with zero attached hydrogens (tertiary/aromatic N) is 1. The number of halogens is 1. The first-order valence-corrected chi connectivity index (χ1v) is 6.87. The highest BCUT2D eigenvalue weighted by atomic mass is 32.1. The number of hydrogen-bond donors (Lipinski definition) is 1. The van der Waals surface area contributed by atoms with Crippen LogP contribution in [0.4, 0.5) is 4.39 Å². The Balaban J connectivity index is 2.04. The van der Waals surface area contributed by atoms with Crippen molar-refractivity contribution in [3.05, 3.63) is 64.4 Å². The quantitative estimate of drug-likeness (QED) is 0.770. The van der Waals surface area contributed by atoms with Crippen LogP contribution >= 0.6 is 11.3 Å². The molecule has 3 rings (SSSR count). The number of fused-ring (bicyclic) bond motifs is 1. The predicted molar refractivity (Wildman–Crippen MR) is 76.8 cm³/mol. The van der Waals surface area contributed by atoms with Crippen LogP contribution in [-0.4, -0.2) is 4.98 Å². The van der Waals surface area contributed by atoms with Gasteiger partial charge in [0.05, 0.1) is 16.3 Å². The van der Waals surface area contributed by atoms with Crippen LogP contribution in [0.2, 0.25) is 0 Å². The van der Waals surface area contributed by atoms with Crippen molar-refractivity contribution < 1.29 is 4.39 Å². The summed E-state index contributed by atoms with van der Waals surface area (Å²) in [6.07, 6.45) is 1.76. The fourth-order valence-corrected chi connectivity index (χ4v) is 2.96. The smallest absolute Gasteiger partial charge is 0.123 e. The molecule has 2 aromatic heterocycles. The van der Waals surface area contributed by atoms with Gasteiger partial charge in [0.15, 0.2) is 0 Å². The molecule has 3 aromatic rings. The Morgan fingerprint density at radius 3 is 2.84 bits per heavy atom. The first-order valence-electron chi connectivity index (χ1n) is 5.99. The van der Waals surface area contributed by atoms with Gasteiger partial charge in [-0.15, -0.1) is 11.3 Å². The van der Waals surface area contributed by atoms with Crippen molar-refractivity contribution in [1.29, 1.82) is 0 Å². The zero-order valence-electron chi connectivity index (χ0n) is 10.4. The zero-order valence-corrected chi connectivity index (χ0v) is 11.2. The highest BCUT2D eigenvalue weighted by Crippen LogP contribution is 2.26. The molecule has 0 amide bonds. The second-order valence-corrected chi connectivity index (χ2v) is 5.56. The van der Waals surface area contributed by atoms with Crippen LogP contribution in [0.25, 0.3) is 10.2 Å². The van der Waals surface area contributed by atoms with E-state index in [0.29, 0.717) is 0 Å². The summed E-state index contributed by atoms with van der Waals surface area (Å²) in [6, 6.07) is 8.53. The number of rotatable bonds is 2. The van der Waals surface area contributed by atoms with E-state index in [4.69, 9.17) is 5.73 Å². The minimum Gasteiger partial charge on any atom is -0.320 e. The van der Waals surface area contributed by atoms with Crippen LogP contribution in [0.5, 0.6) is 0 Å². The fraction of sp³-hybridized carbons (Fsp3) is 0.133. The average molecular weight is 272 g/mol. The van der Waals surface area contributed by atoms with Gasteiger partial charge in [-0.05, 0) is 53.3 Å². The Morgan fingerprint density at radius 1 is 1.21 bits per heavy atom. The van der Waals surface area contributed by atoms with Crippen LogP contribution in [0, 0.1) is 12.7 Å².